The molecular formula is C13H13BrClFN2O. The Labute approximate surface area is 124 Å². The molecule has 0 aliphatic carbocycles. The van der Waals surface area contributed by atoms with E-state index in [1.54, 1.807) is 16.8 Å². The lowest BCUT2D eigenvalue weighted by Crippen LogP contribution is -2.04. The average molecular weight is 348 g/mol. The number of hydrogen-bond donors (Lipinski definition) is 0. The highest BCUT2D eigenvalue weighted by atomic mass is 79.9. The van der Waals surface area contributed by atoms with Crippen molar-refractivity contribution in [2.24, 2.45) is 7.05 Å². The van der Waals surface area contributed by atoms with Crippen molar-refractivity contribution >= 4 is 27.5 Å². The monoisotopic (exact) mass is 346 g/mol. The fourth-order valence-electron chi connectivity index (χ4n) is 1.74. The molecule has 19 heavy (non-hydrogen) atoms. The minimum atomic E-state index is -0.471. The molecule has 102 valence electrons. The van der Waals surface area contributed by atoms with Crippen molar-refractivity contribution in [3.8, 4) is 5.75 Å². The van der Waals surface area contributed by atoms with Gasteiger partial charge in [0.25, 0.3) is 0 Å². The lowest BCUT2D eigenvalue weighted by Gasteiger charge is -2.09. The molecule has 0 bridgehead atoms. The van der Waals surface area contributed by atoms with Gasteiger partial charge in [0.1, 0.15) is 6.61 Å². The predicted molar refractivity (Wildman–Crippen MR) is 76.0 cm³/mol. The molecule has 0 saturated carbocycles. The van der Waals surface area contributed by atoms with Gasteiger partial charge in [0.15, 0.2) is 11.6 Å². The normalized spacial score (nSPS) is 10.8. The highest BCUT2D eigenvalue weighted by molar-refractivity contribution is 9.10. The van der Waals surface area contributed by atoms with E-state index in [1.165, 1.54) is 6.07 Å². The van der Waals surface area contributed by atoms with Gasteiger partial charge in [-0.1, -0.05) is 24.6 Å². The number of aromatic nitrogens is 2. The molecule has 0 saturated heterocycles. The molecule has 0 atom stereocenters. The van der Waals surface area contributed by atoms with Crippen molar-refractivity contribution in [1.82, 2.24) is 9.78 Å². The van der Waals surface area contributed by atoms with Crippen LogP contribution in [0, 0.1) is 5.82 Å². The van der Waals surface area contributed by atoms with E-state index in [0.29, 0.717) is 0 Å². The van der Waals surface area contributed by atoms with Crippen LogP contribution >= 0.6 is 27.5 Å². The van der Waals surface area contributed by atoms with E-state index in [0.717, 1.165) is 22.3 Å². The summed E-state index contributed by atoms with van der Waals surface area (Å²) in [4.78, 5) is 0. The molecule has 0 unspecified atom stereocenters. The number of para-hydroxylation sites is 1. The zero-order valence-corrected chi connectivity index (χ0v) is 12.9. The quantitative estimate of drug-likeness (QED) is 0.832. The first-order valence-corrected chi connectivity index (χ1v) is 6.98. The van der Waals surface area contributed by atoms with Crippen LogP contribution in [0.15, 0.2) is 22.7 Å². The number of ether oxygens (including phenoxy) is 1. The summed E-state index contributed by atoms with van der Waals surface area (Å²) in [5, 5.41) is 4.61. The van der Waals surface area contributed by atoms with Crippen LogP contribution in [-0.4, -0.2) is 9.78 Å². The third-order valence-corrected chi connectivity index (χ3v) is 3.99. The average Bonchev–Trinajstić information content (AvgIpc) is 2.65. The maximum absolute atomic E-state index is 13.6. The second-order valence-corrected chi connectivity index (χ2v) is 5.22. The zero-order valence-electron chi connectivity index (χ0n) is 10.6. The lowest BCUT2D eigenvalue weighted by molar-refractivity contribution is 0.280. The molecule has 0 N–H and O–H groups in total. The standard InChI is InChI=1S/C13H13BrClFN2O/c1-3-10-12(14)11(18(2)17-10)7-19-13-8(15)5-4-6-9(13)16/h4-6H,3,7H2,1-2H3. The van der Waals surface area contributed by atoms with Crippen molar-refractivity contribution in [1.29, 1.82) is 0 Å². The van der Waals surface area contributed by atoms with Crippen LogP contribution < -0.4 is 4.74 Å². The second kappa shape index (κ2) is 5.92. The van der Waals surface area contributed by atoms with E-state index in [1.807, 2.05) is 14.0 Å². The smallest absolute Gasteiger partial charge is 0.174 e. The van der Waals surface area contributed by atoms with Crippen LogP contribution in [0.1, 0.15) is 18.3 Å². The Hall–Kier alpha value is -1.07. The summed E-state index contributed by atoms with van der Waals surface area (Å²) in [5.41, 5.74) is 1.79. The van der Waals surface area contributed by atoms with Gasteiger partial charge in [-0.3, -0.25) is 4.68 Å². The Kier molecular flexibility index (Phi) is 4.47. The summed E-state index contributed by atoms with van der Waals surface area (Å²) in [7, 11) is 1.82. The molecule has 2 aromatic rings. The Morgan fingerprint density at radius 1 is 1.47 bits per heavy atom. The maximum atomic E-state index is 13.6. The van der Waals surface area contributed by atoms with E-state index in [4.69, 9.17) is 16.3 Å². The molecule has 0 fully saturated rings. The summed E-state index contributed by atoms with van der Waals surface area (Å²) in [6, 6.07) is 4.45. The number of rotatable bonds is 4. The van der Waals surface area contributed by atoms with Crippen molar-refractivity contribution < 1.29 is 9.13 Å². The van der Waals surface area contributed by atoms with Crippen molar-refractivity contribution in [3.05, 3.63) is 44.9 Å². The minimum absolute atomic E-state index is 0.0651. The summed E-state index contributed by atoms with van der Waals surface area (Å²) >= 11 is 9.39. The van der Waals surface area contributed by atoms with E-state index >= 15 is 0 Å². The van der Waals surface area contributed by atoms with Gasteiger partial charge in [-0.15, -0.1) is 0 Å². The van der Waals surface area contributed by atoms with Gasteiger partial charge in [-0.2, -0.15) is 5.10 Å². The third-order valence-electron chi connectivity index (χ3n) is 2.78. The van der Waals surface area contributed by atoms with Crippen LogP contribution in [0.25, 0.3) is 0 Å². The van der Waals surface area contributed by atoms with Crippen LogP contribution in [0.5, 0.6) is 5.75 Å². The highest BCUT2D eigenvalue weighted by Crippen LogP contribution is 2.29. The van der Waals surface area contributed by atoms with Crippen molar-refractivity contribution in [2.45, 2.75) is 20.0 Å². The molecule has 0 amide bonds. The highest BCUT2D eigenvalue weighted by Gasteiger charge is 2.15. The summed E-state index contributed by atoms with van der Waals surface area (Å²) in [6.45, 7) is 2.22. The minimum Gasteiger partial charge on any atom is -0.483 e. The van der Waals surface area contributed by atoms with Gasteiger partial charge in [0.2, 0.25) is 0 Å². The molecule has 3 nitrogen and oxygen atoms in total. The van der Waals surface area contributed by atoms with Gasteiger partial charge in [-0.05, 0) is 34.5 Å². The van der Waals surface area contributed by atoms with Gasteiger partial charge >= 0.3 is 0 Å². The summed E-state index contributed by atoms with van der Waals surface area (Å²) in [5.74, 6) is -0.406. The zero-order chi connectivity index (χ0) is 14.0. The molecule has 1 aromatic carbocycles. The predicted octanol–water partition coefficient (Wildman–Crippen LogP) is 4.12. The number of aryl methyl sites for hydroxylation is 2. The van der Waals surface area contributed by atoms with Gasteiger partial charge < -0.3 is 4.74 Å². The van der Waals surface area contributed by atoms with E-state index in [-0.39, 0.29) is 17.4 Å². The number of halogens is 3. The number of benzene rings is 1. The molecule has 0 radical (unpaired) electrons. The first-order valence-electron chi connectivity index (χ1n) is 5.81. The third kappa shape index (κ3) is 2.92. The number of hydrogen-bond acceptors (Lipinski definition) is 2. The largest absolute Gasteiger partial charge is 0.483 e. The SMILES string of the molecule is CCc1nn(C)c(COc2c(F)cccc2Cl)c1Br. The van der Waals surface area contributed by atoms with Gasteiger partial charge in [0.05, 0.1) is 20.9 Å². The van der Waals surface area contributed by atoms with E-state index < -0.39 is 5.82 Å². The Morgan fingerprint density at radius 3 is 2.79 bits per heavy atom. The first-order chi connectivity index (χ1) is 9.04. The summed E-state index contributed by atoms with van der Waals surface area (Å²) in [6.07, 6.45) is 0.814. The number of nitrogens with zero attached hydrogens (tertiary/aromatic N) is 2. The second-order valence-electron chi connectivity index (χ2n) is 4.02. The Morgan fingerprint density at radius 2 is 2.21 bits per heavy atom. The fourth-order valence-corrected chi connectivity index (χ4v) is 2.69. The molecule has 1 aromatic heterocycles. The van der Waals surface area contributed by atoms with Crippen LogP contribution in [0.3, 0.4) is 0 Å². The lowest BCUT2D eigenvalue weighted by atomic mass is 10.3. The molecule has 0 aliphatic heterocycles. The van der Waals surface area contributed by atoms with E-state index in [2.05, 4.69) is 21.0 Å². The molecular weight excluding hydrogens is 335 g/mol. The summed E-state index contributed by atoms with van der Waals surface area (Å²) < 4.78 is 21.7. The maximum Gasteiger partial charge on any atom is 0.174 e. The molecule has 0 aliphatic rings. The van der Waals surface area contributed by atoms with Crippen LogP contribution in [0.2, 0.25) is 5.02 Å². The molecule has 0 spiro atoms. The Bertz CT molecular complexity index is 580. The molecule has 2 rings (SSSR count). The first kappa shape index (κ1) is 14.3. The van der Waals surface area contributed by atoms with Crippen molar-refractivity contribution in [3.63, 3.8) is 0 Å². The molecule has 6 heteroatoms. The topological polar surface area (TPSA) is 27.1 Å². The van der Waals surface area contributed by atoms with Crippen LogP contribution in [0.4, 0.5) is 4.39 Å². The van der Waals surface area contributed by atoms with Crippen LogP contribution in [-0.2, 0) is 20.1 Å². The van der Waals surface area contributed by atoms with Gasteiger partial charge in [0, 0.05) is 7.05 Å². The Balaban J connectivity index is 2.22. The van der Waals surface area contributed by atoms with Gasteiger partial charge in [-0.25, -0.2) is 4.39 Å². The fraction of sp³-hybridized carbons (Fsp3) is 0.308. The molecule has 1 heterocycles. The van der Waals surface area contributed by atoms with Crippen molar-refractivity contribution in [2.75, 3.05) is 0 Å². The van der Waals surface area contributed by atoms with E-state index in [9.17, 15) is 4.39 Å².